The number of aliphatic hydroxyl groups is 1. The van der Waals surface area contributed by atoms with Crippen LogP contribution in [0.2, 0.25) is 0 Å². The maximum absolute atomic E-state index is 11.6. The number of fused-ring (bicyclic) bond motifs is 1. The lowest BCUT2D eigenvalue weighted by atomic mass is 9.92. The molecule has 80 valence electrons. The van der Waals surface area contributed by atoms with Crippen molar-refractivity contribution in [1.29, 1.82) is 0 Å². The van der Waals surface area contributed by atoms with Crippen molar-refractivity contribution in [3.63, 3.8) is 0 Å². The van der Waals surface area contributed by atoms with Gasteiger partial charge in [0, 0.05) is 0 Å². The van der Waals surface area contributed by atoms with E-state index in [-0.39, 0.29) is 18.0 Å². The number of hydrogen-bond donors (Lipinski definition) is 1. The van der Waals surface area contributed by atoms with Gasteiger partial charge in [0.15, 0.2) is 0 Å². The highest BCUT2D eigenvalue weighted by molar-refractivity contribution is 5.73. The van der Waals surface area contributed by atoms with E-state index < -0.39 is 0 Å². The van der Waals surface area contributed by atoms with E-state index in [2.05, 4.69) is 0 Å². The number of carbonyl (C=O) groups excluding carboxylic acids is 1. The van der Waals surface area contributed by atoms with E-state index in [1.807, 2.05) is 6.92 Å². The third kappa shape index (κ3) is 1.54. The molecule has 2 rings (SSSR count). The van der Waals surface area contributed by atoms with E-state index in [0.717, 1.165) is 25.7 Å². The molecule has 0 radical (unpaired) electrons. The van der Waals surface area contributed by atoms with Crippen LogP contribution in [0.15, 0.2) is 0 Å². The van der Waals surface area contributed by atoms with Gasteiger partial charge in [-0.3, -0.25) is 4.79 Å². The number of ether oxygens (including phenoxy) is 1. The predicted molar refractivity (Wildman–Crippen MR) is 51.6 cm³/mol. The molecule has 2 aliphatic rings. The zero-order valence-electron chi connectivity index (χ0n) is 8.61. The predicted octanol–water partition coefficient (Wildman–Crippen LogP) is 1.35. The Labute approximate surface area is 84.4 Å². The van der Waals surface area contributed by atoms with Gasteiger partial charge in [-0.1, -0.05) is 0 Å². The Balaban J connectivity index is 1.99. The van der Waals surface area contributed by atoms with Gasteiger partial charge in [0.05, 0.1) is 18.6 Å². The fourth-order valence-corrected chi connectivity index (χ4v) is 3.11. The van der Waals surface area contributed by atoms with Crippen molar-refractivity contribution in [3.05, 3.63) is 0 Å². The van der Waals surface area contributed by atoms with Crippen molar-refractivity contribution < 1.29 is 14.6 Å². The Bertz CT molecular complexity index is 227. The van der Waals surface area contributed by atoms with Crippen LogP contribution in [0.5, 0.6) is 0 Å². The largest absolute Gasteiger partial charge is 0.466 e. The first kappa shape index (κ1) is 9.97. The minimum atomic E-state index is -0.167. The van der Waals surface area contributed by atoms with Crippen LogP contribution >= 0.6 is 0 Å². The summed E-state index contributed by atoms with van der Waals surface area (Å²) < 4.78 is 5.05. The topological polar surface area (TPSA) is 46.5 Å². The van der Waals surface area contributed by atoms with Crippen molar-refractivity contribution in [2.75, 3.05) is 6.61 Å². The normalized spacial score (nSPS) is 41.0. The monoisotopic (exact) mass is 198 g/mol. The van der Waals surface area contributed by atoms with Crippen molar-refractivity contribution in [2.24, 2.45) is 17.8 Å². The molecule has 0 saturated heterocycles. The van der Waals surface area contributed by atoms with Gasteiger partial charge in [0.25, 0.3) is 0 Å². The van der Waals surface area contributed by atoms with Gasteiger partial charge in [-0.25, -0.2) is 0 Å². The highest BCUT2D eigenvalue weighted by atomic mass is 16.5. The van der Waals surface area contributed by atoms with Gasteiger partial charge in [0.1, 0.15) is 0 Å². The zero-order valence-corrected chi connectivity index (χ0v) is 8.61. The highest BCUT2D eigenvalue weighted by Crippen LogP contribution is 2.47. The quantitative estimate of drug-likeness (QED) is 0.681. The number of aliphatic hydroxyl groups excluding tert-OH is 1. The van der Waals surface area contributed by atoms with E-state index in [4.69, 9.17) is 4.74 Å². The molecule has 4 atom stereocenters. The Morgan fingerprint density at radius 2 is 2.00 bits per heavy atom. The molecule has 2 fully saturated rings. The summed E-state index contributed by atoms with van der Waals surface area (Å²) in [5, 5.41) is 9.68. The van der Waals surface area contributed by atoms with E-state index in [0.29, 0.717) is 18.4 Å². The second kappa shape index (κ2) is 3.89. The number of rotatable bonds is 2. The van der Waals surface area contributed by atoms with Crippen molar-refractivity contribution >= 4 is 5.97 Å². The standard InChI is InChI=1S/C11H18O3/c1-2-14-11(13)9-4-3-8-7(9)5-6-10(8)12/h7-10,12H,2-6H2,1H3/t7-,8-,9-,10+/m0/s1. The lowest BCUT2D eigenvalue weighted by molar-refractivity contribution is -0.149. The molecule has 0 aliphatic heterocycles. The van der Waals surface area contributed by atoms with E-state index in [1.165, 1.54) is 0 Å². The molecule has 2 saturated carbocycles. The fraction of sp³-hybridized carbons (Fsp3) is 0.909. The maximum atomic E-state index is 11.6. The first-order valence-electron chi connectivity index (χ1n) is 5.58. The Morgan fingerprint density at radius 3 is 2.71 bits per heavy atom. The van der Waals surface area contributed by atoms with Crippen LogP contribution in [0.25, 0.3) is 0 Å². The summed E-state index contributed by atoms with van der Waals surface area (Å²) in [6, 6.07) is 0. The maximum Gasteiger partial charge on any atom is 0.309 e. The smallest absolute Gasteiger partial charge is 0.309 e. The molecule has 0 bridgehead atoms. The average molecular weight is 198 g/mol. The lowest BCUT2D eigenvalue weighted by Gasteiger charge is -2.17. The highest BCUT2D eigenvalue weighted by Gasteiger charge is 2.47. The summed E-state index contributed by atoms with van der Waals surface area (Å²) in [6.45, 7) is 2.31. The minimum Gasteiger partial charge on any atom is -0.466 e. The molecule has 0 aromatic rings. The SMILES string of the molecule is CCOC(=O)[C@H]1CC[C@H]2[C@@H]1CC[C@H]2O. The number of hydrogen-bond acceptors (Lipinski definition) is 3. The molecular formula is C11H18O3. The Kier molecular flexibility index (Phi) is 2.77. The third-order valence-corrected chi connectivity index (χ3v) is 3.76. The third-order valence-electron chi connectivity index (χ3n) is 3.76. The van der Waals surface area contributed by atoms with Gasteiger partial charge in [0.2, 0.25) is 0 Å². The van der Waals surface area contributed by atoms with E-state index in [9.17, 15) is 9.90 Å². The van der Waals surface area contributed by atoms with Crippen LogP contribution in [0.4, 0.5) is 0 Å². The van der Waals surface area contributed by atoms with Gasteiger partial charge >= 0.3 is 5.97 Å². The van der Waals surface area contributed by atoms with Crippen LogP contribution in [0, 0.1) is 17.8 Å². The number of carbonyl (C=O) groups is 1. The molecule has 1 N–H and O–H groups in total. The minimum absolute atomic E-state index is 0.0471. The first-order chi connectivity index (χ1) is 6.74. The Morgan fingerprint density at radius 1 is 1.29 bits per heavy atom. The zero-order chi connectivity index (χ0) is 10.1. The van der Waals surface area contributed by atoms with Crippen LogP contribution in [0.1, 0.15) is 32.6 Å². The summed E-state index contributed by atoms with van der Waals surface area (Å²) in [5.74, 6) is 0.777. The van der Waals surface area contributed by atoms with Crippen molar-refractivity contribution in [3.8, 4) is 0 Å². The number of esters is 1. The van der Waals surface area contributed by atoms with Gasteiger partial charge in [-0.05, 0) is 44.4 Å². The average Bonchev–Trinajstić information content (AvgIpc) is 2.69. The second-order valence-electron chi connectivity index (χ2n) is 4.41. The molecule has 0 unspecified atom stereocenters. The van der Waals surface area contributed by atoms with Gasteiger partial charge < -0.3 is 9.84 Å². The summed E-state index contributed by atoms with van der Waals surface area (Å²) in [7, 11) is 0. The van der Waals surface area contributed by atoms with Crippen molar-refractivity contribution in [2.45, 2.75) is 38.7 Å². The molecular weight excluding hydrogens is 180 g/mol. The van der Waals surface area contributed by atoms with Crippen LogP contribution in [0.3, 0.4) is 0 Å². The van der Waals surface area contributed by atoms with E-state index in [1.54, 1.807) is 0 Å². The summed E-state index contributed by atoms with van der Waals surface area (Å²) >= 11 is 0. The van der Waals surface area contributed by atoms with Crippen molar-refractivity contribution in [1.82, 2.24) is 0 Å². The molecule has 14 heavy (non-hydrogen) atoms. The van der Waals surface area contributed by atoms with Crippen LogP contribution in [-0.2, 0) is 9.53 Å². The van der Waals surface area contributed by atoms with Crippen LogP contribution < -0.4 is 0 Å². The molecule has 2 aliphatic carbocycles. The summed E-state index contributed by atoms with van der Waals surface area (Å²) in [5.41, 5.74) is 0. The lowest BCUT2D eigenvalue weighted by Crippen LogP contribution is -2.23. The molecule has 3 nitrogen and oxygen atoms in total. The summed E-state index contributed by atoms with van der Waals surface area (Å²) in [6.07, 6.45) is 3.60. The second-order valence-corrected chi connectivity index (χ2v) is 4.41. The molecule has 0 heterocycles. The first-order valence-corrected chi connectivity index (χ1v) is 5.58. The molecule has 0 aromatic heterocycles. The Hall–Kier alpha value is -0.570. The fourth-order valence-electron chi connectivity index (χ4n) is 3.11. The molecule has 0 aromatic carbocycles. The van der Waals surface area contributed by atoms with Gasteiger partial charge in [-0.15, -0.1) is 0 Å². The molecule has 0 spiro atoms. The van der Waals surface area contributed by atoms with E-state index >= 15 is 0 Å². The summed E-state index contributed by atoms with van der Waals surface area (Å²) in [4.78, 5) is 11.6. The molecule has 0 amide bonds. The van der Waals surface area contributed by atoms with Crippen LogP contribution in [-0.4, -0.2) is 23.8 Å². The van der Waals surface area contributed by atoms with Gasteiger partial charge in [-0.2, -0.15) is 0 Å². The molecule has 3 heteroatoms.